The number of ether oxygens (including phenoxy) is 2. The van der Waals surface area contributed by atoms with Crippen LogP contribution in [0.3, 0.4) is 0 Å². The number of aromatic amines is 1. The Labute approximate surface area is 193 Å². The molecule has 1 unspecified atom stereocenters. The van der Waals surface area contributed by atoms with Crippen molar-refractivity contribution in [3.63, 3.8) is 0 Å². The first-order chi connectivity index (χ1) is 15.9. The standard InChI is InChI=1S/C24H21ClF2N2O4/c25-16-9-19-20(10-21(28-19)33-15-5-6-32-11-15)29-23(16)22-17(26)7-14(8-18(22)27)12-1-3-13(4-2-12)24(30)31/h1,7-10,13,15,28H,2-6,11H2,(H,30,31)/t13?,15-/m0/s1. The number of hydrogen-bond donors (Lipinski definition) is 2. The van der Waals surface area contributed by atoms with Gasteiger partial charge in [0.15, 0.2) is 5.88 Å². The summed E-state index contributed by atoms with van der Waals surface area (Å²) in [5.41, 5.74) is 1.89. The molecule has 9 heteroatoms. The van der Waals surface area contributed by atoms with Gasteiger partial charge in [0.1, 0.15) is 17.7 Å². The van der Waals surface area contributed by atoms with E-state index in [9.17, 15) is 4.79 Å². The third kappa shape index (κ3) is 4.32. The normalized spacial score (nSPS) is 20.8. The molecule has 0 radical (unpaired) electrons. The van der Waals surface area contributed by atoms with Crippen molar-refractivity contribution in [2.24, 2.45) is 5.92 Å². The molecule has 2 aliphatic rings. The van der Waals surface area contributed by atoms with Crippen LogP contribution in [0.25, 0.3) is 27.9 Å². The summed E-state index contributed by atoms with van der Waals surface area (Å²) in [6.07, 6.45) is 3.68. The second kappa shape index (κ2) is 8.76. The zero-order chi connectivity index (χ0) is 23.1. The highest BCUT2D eigenvalue weighted by Crippen LogP contribution is 2.37. The van der Waals surface area contributed by atoms with Crippen molar-refractivity contribution in [2.75, 3.05) is 13.2 Å². The van der Waals surface area contributed by atoms with Crippen molar-refractivity contribution in [1.29, 1.82) is 0 Å². The molecule has 6 nitrogen and oxygen atoms in total. The van der Waals surface area contributed by atoms with Crippen LogP contribution in [0.1, 0.15) is 31.2 Å². The van der Waals surface area contributed by atoms with Crippen molar-refractivity contribution in [3.05, 3.63) is 52.6 Å². The third-order valence-electron chi connectivity index (χ3n) is 6.12. The highest BCUT2D eigenvalue weighted by atomic mass is 35.5. The Morgan fingerprint density at radius 3 is 2.64 bits per heavy atom. The molecule has 3 heterocycles. The summed E-state index contributed by atoms with van der Waals surface area (Å²) in [5, 5.41) is 9.24. The Kier molecular flexibility index (Phi) is 5.80. The van der Waals surface area contributed by atoms with Gasteiger partial charge in [-0.3, -0.25) is 4.79 Å². The monoisotopic (exact) mass is 474 g/mol. The van der Waals surface area contributed by atoms with Crippen LogP contribution in [0.15, 0.2) is 30.3 Å². The van der Waals surface area contributed by atoms with Crippen molar-refractivity contribution in [1.82, 2.24) is 9.97 Å². The lowest BCUT2D eigenvalue weighted by Crippen LogP contribution is -2.15. The second-order valence-corrected chi connectivity index (χ2v) is 8.75. The van der Waals surface area contributed by atoms with Crippen molar-refractivity contribution < 1.29 is 28.2 Å². The number of aliphatic carboxylic acids is 1. The summed E-state index contributed by atoms with van der Waals surface area (Å²) < 4.78 is 41.4. The zero-order valence-electron chi connectivity index (χ0n) is 17.5. The van der Waals surface area contributed by atoms with Crippen LogP contribution in [0.2, 0.25) is 5.02 Å². The first kappa shape index (κ1) is 21.9. The summed E-state index contributed by atoms with van der Waals surface area (Å²) in [5.74, 6) is -2.40. The topological polar surface area (TPSA) is 84.4 Å². The van der Waals surface area contributed by atoms with Gasteiger partial charge in [0.2, 0.25) is 0 Å². The number of benzene rings is 1. The molecule has 0 bridgehead atoms. The number of carbonyl (C=O) groups is 1. The van der Waals surface area contributed by atoms with E-state index in [-0.39, 0.29) is 22.4 Å². The predicted molar refractivity (Wildman–Crippen MR) is 119 cm³/mol. The lowest BCUT2D eigenvalue weighted by atomic mass is 9.86. The zero-order valence-corrected chi connectivity index (χ0v) is 18.3. The quantitative estimate of drug-likeness (QED) is 0.503. The van der Waals surface area contributed by atoms with Crippen LogP contribution in [0, 0.1) is 17.6 Å². The Balaban J connectivity index is 1.46. The van der Waals surface area contributed by atoms with Crippen LogP contribution in [0.5, 0.6) is 5.88 Å². The van der Waals surface area contributed by atoms with Gasteiger partial charge in [-0.1, -0.05) is 17.7 Å². The number of rotatable bonds is 5. The predicted octanol–water partition coefficient (Wildman–Crippen LogP) is 5.60. The summed E-state index contributed by atoms with van der Waals surface area (Å²) in [6.45, 7) is 1.15. The van der Waals surface area contributed by atoms with E-state index in [4.69, 9.17) is 26.2 Å². The SMILES string of the molecule is O=C(O)C1CC=C(c2cc(F)c(-c3nc4cc(O[C@H]5CCOC5)[nH]c4cc3Cl)c(F)c2)CC1. The Morgan fingerprint density at radius 1 is 1.21 bits per heavy atom. The van der Waals surface area contributed by atoms with Crippen LogP contribution in [-0.2, 0) is 9.53 Å². The van der Waals surface area contributed by atoms with Crippen molar-refractivity contribution in [3.8, 4) is 17.1 Å². The van der Waals surface area contributed by atoms with E-state index in [2.05, 4.69) is 9.97 Å². The second-order valence-electron chi connectivity index (χ2n) is 8.34. The van der Waals surface area contributed by atoms with Crippen LogP contribution in [0.4, 0.5) is 8.78 Å². The van der Waals surface area contributed by atoms with E-state index in [1.807, 2.05) is 0 Å². The molecular formula is C24H21ClF2N2O4. The van der Waals surface area contributed by atoms with Crippen LogP contribution >= 0.6 is 11.6 Å². The smallest absolute Gasteiger partial charge is 0.306 e. The molecule has 2 aromatic heterocycles. The van der Waals surface area contributed by atoms with Gasteiger partial charge in [0.05, 0.1) is 46.4 Å². The first-order valence-electron chi connectivity index (χ1n) is 10.7. The summed E-state index contributed by atoms with van der Waals surface area (Å²) in [7, 11) is 0. The van der Waals surface area contributed by atoms with Crippen LogP contribution in [-0.4, -0.2) is 40.4 Å². The Morgan fingerprint density at radius 2 is 2.00 bits per heavy atom. The molecule has 2 N–H and O–H groups in total. The number of fused-ring (bicyclic) bond motifs is 1. The lowest BCUT2D eigenvalue weighted by molar-refractivity contribution is -0.141. The summed E-state index contributed by atoms with van der Waals surface area (Å²) in [6, 6.07) is 5.74. The molecule has 1 aliphatic carbocycles. The lowest BCUT2D eigenvalue weighted by Gasteiger charge is -2.19. The van der Waals surface area contributed by atoms with E-state index < -0.39 is 23.5 Å². The Bertz CT molecular complexity index is 1240. The highest BCUT2D eigenvalue weighted by molar-refractivity contribution is 6.33. The van der Waals surface area contributed by atoms with Gasteiger partial charge >= 0.3 is 5.97 Å². The van der Waals surface area contributed by atoms with Gasteiger partial charge in [-0.25, -0.2) is 13.8 Å². The van der Waals surface area contributed by atoms with E-state index in [1.165, 1.54) is 12.1 Å². The molecule has 0 spiro atoms. The van der Waals surface area contributed by atoms with Gasteiger partial charge < -0.3 is 19.6 Å². The number of carboxylic acid groups (broad SMARTS) is 1. The van der Waals surface area contributed by atoms with Crippen LogP contribution < -0.4 is 4.74 Å². The van der Waals surface area contributed by atoms with Gasteiger partial charge in [0, 0.05) is 12.5 Å². The molecule has 2 atom stereocenters. The molecule has 1 fully saturated rings. The van der Waals surface area contributed by atoms with E-state index in [0.717, 1.165) is 12.0 Å². The molecule has 3 aromatic rings. The third-order valence-corrected chi connectivity index (χ3v) is 6.41. The first-order valence-corrected chi connectivity index (χ1v) is 11.1. The average molecular weight is 475 g/mol. The minimum atomic E-state index is -0.857. The number of allylic oxidation sites excluding steroid dienone is 2. The van der Waals surface area contributed by atoms with Gasteiger partial charge in [-0.15, -0.1) is 0 Å². The maximum absolute atomic E-state index is 15.1. The number of halogens is 3. The number of aromatic nitrogens is 2. The summed E-state index contributed by atoms with van der Waals surface area (Å²) >= 11 is 6.35. The van der Waals surface area contributed by atoms with Gasteiger partial charge in [-0.05, 0) is 48.6 Å². The van der Waals surface area contributed by atoms with E-state index >= 15 is 8.78 Å². The number of carboxylic acids is 1. The average Bonchev–Trinajstić information content (AvgIpc) is 3.43. The molecule has 1 aromatic carbocycles. The maximum atomic E-state index is 15.1. The summed E-state index contributed by atoms with van der Waals surface area (Å²) in [4.78, 5) is 18.6. The molecular weight excluding hydrogens is 454 g/mol. The molecule has 1 aliphatic heterocycles. The van der Waals surface area contributed by atoms with Gasteiger partial charge in [-0.2, -0.15) is 0 Å². The molecule has 33 heavy (non-hydrogen) atoms. The van der Waals surface area contributed by atoms with Crippen molar-refractivity contribution in [2.45, 2.75) is 31.8 Å². The van der Waals surface area contributed by atoms with E-state index in [1.54, 1.807) is 18.2 Å². The fourth-order valence-electron chi connectivity index (χ4n) is 4.34. The molecule has 5 rings (SSSR count). The number of pyridine rings is 1. The largest absolute Gasteiger partial charge is 0.481 e. The van der Waals surface area contributed by atoms with E-state index in [0.29, 0.717) is 55.0 Å². The van der Waals surface area contributed by atoms with Crippen molar-refractivity contribution >= 4 is 34.2 Å². The van der Waals surface area contributed by atoms with Gasteiger partial charge in [0.25, 0.3) is 0 Å². The maximum Gasteiger partial charge on any atom is 0.306 e. The minimum absolute atomic E-state index is 0.00373. The molecule has 1 saturated heterocycles. The number of nitrogens with one attached hydrogen (secondary N) is 1. The molecule has 0 saturated carbocycles. The fraction of sp³-hybridized carbons (Fsp3) is 0.333. The fourth-order valence-corrected chi connectivity index (χ4v) is 4.58. The molecule has 0 amide bonds. The number of hydrogen-bond acceptors (Lipinski definition) is 4. The Hall–Kier alpha value is -2.97. The number of nitrogens with zero attached hydrogens (tertiary/aromatic N) is 1. The highest BCUT2D eigenvalue weighted by Gasteiger charge is 2.24. The number of H-pyrrole nitrogens is 1. The molecule has 172 valence electrons. The minimum Gasteiger partial charge on any atom is -0.481 e.